The number of hydrogen-bond acceptors (Lipinski definition) is 1. The van der Waals surface area contributed by atoms with Gasteiger partial charge in [0.05, 0.1) is 0 Å². The first-order valence-electron chi connectivity index (χ1n) is 8.63. The van der Waals surface area contributed by atoms with Crippen LogP contribution in [0, 0.1) is 17.8 Å². The fourth-order valence-electron chi connectivity index (χ4n) is 3.94. The summed E-state index contributed by atoms with van der Waals surface area (Å²) in [5, 5.41) is 0. The van der Waals surface area contributed by atoms with E-state index in [4.69, 9.17) is 4.43 Å². The zero-order valence-electron chi connectivity index (χ0n) is 12.9. The van der Waals surface area contributed by atoms with Crippen molar-refractivity contribution in [3.8, 4) is 0 Å². The molecule has 0 aromatic rings. The van der Waals surface area contributed by atoms with E-state index in [-0.39, 0.29) is 0 Å². The Labute approximate surface area is 121 Å². The summed E-state index contributed by atoms with van der Waals surface area (Å²) in [5.41, 5.74) is 0. The molecule has 0 aliphatic heterocycles. The summed E-state index contributed by atoms with van der Waals surface area (Å²) < 4.78 is 6.17. The summed E-state index contributed by atoms with van der Waals surface area (Å²) in [6.45, 7) is 5.64. The number of hydrogen-bond donors (Lipinski definition) is 0. The molecular weight excluding hydrogens is 248 g/mol. The van der Waals surface area contributed by atoms with Crippen LogP contribution in [0.3, 0.4) is 0 Å². The lowest BCUT2D eigenvalue weighted by molar-refractivity contribution is 0.293. The second kappa shape index (κ2) is 8.26. The summed E-state index contributed by atoms with van der Waals surface area (Å²) in [7, 11) is -0.826. The molecule has 1 nitrogen and oxygen atoms in total. The third-order valence-electron chi connectivity index (χ3n) is 4.96. The van der Waals surface area contributed by atoms with Crippen LogP contribution in [0.15, 0.2) is 12.2 Å². The van der Waals surface area contributed by atoms with Crippen molar-refractivity contribution >= 4 is 9.04 Å². The van der Waals surface area contributed by atoms with Crippen molar-refractivity contribution in [2.24, 2.45) is 17.8 Å². The van der Waals surface area contributed by atoms with Crippen LogP contribution in [-0.4, -0.2) is 15.6 Å². The van der Waals surface area contributed by atoms with Gasteiger partial charge in [-0.05, 0) is 55.5 Å². The zero-order valence-corrected chi connectivity index (χ0v) is 14.1. The van der Waals surface area contributed by atoms with Gasteiger partial charge in [0.1, 0.15) is 0 Å². The first-order chi connectivity index (χ1) is 9.33. The van der Waals surface area contributed by atoms with Crippen LogP contribution >= 0.6 is 0 Å². The van der Waals surface area contributed by atoms with Crippen LogP contribution in [0.4, 0.5) is 0 Å². The third-order valence-corrected chi connectivity index (χ3v) is 8.11. The van der Waals surface area contributed by atoms with Crippen molar-refractivity contribution in [1.82, 2.24) is 0 Å². The van der Waals surface area contributed by atoms with Gasteiger partial charge in [0, 0.05) is 6.61 Å². The lowest BCUT2D eigenvalue weighted by atomic mass is 9.89. The highest BCUT2D eigenvalue weighted by Crippen LogP contribution is 2.45. The number of rotatable bonds is 10. The van der Waals surface area contributed by atoms with Crippen molar-refractivity contribution in [3.05, 3.63) is 12.2 Å². The van der Waals surface area contributed by atoms with E-state index in [0.29, 0.717) is 0 Å². The van der Waals surface area contributed by atoms with Gasteiger partial charge < -0.3 is 4.43 Å². The first-order valence-corrected chi connectivity index (χ1v) is 10.7. The average Bonchev–Trinajstić information content (AvgIpc) is 3.01. The van der Waals surface area contributed by atoms with Crippen LogP contribution in [0.5, 0.6) is 0 Å². The van der Waals surface area contributed by atoms with Crippen molar-refractivity contribution in [2.45, 2.75) is 70.9 Å². The molecule has 2 heteroatoms. The summed E-state index contributed by atoms with van der Waals surface area (Å²) in [4.78, 5) is 0. The predicted molar refractivity (Wildman–Crippen MR) is 86.0 cm³/mol. The second-order valence-electron chi connectivity index (χ2n) is 6.61. The van der Waals surface area contributed by atoms with E-state index in [0.717, 1.165) is 24.4 Å². The zero-order chi connectivity index (χ0) is 13.5. The van der Waals surface area contributed by atoms with Crippen LogP contribution in [-0.2, 0) is 4.43 Å². The quantitative estimate of drug-likeness (QED) is 0.313. The molecule has 2 aliphatic rings. The minimum absolute atomic E-state index is 0.826. The maximum Gasteiger partial charge on any atom is 0.176 e. The summed E-state index contributed by atoms with van der Waals surface area (Å²) >= 11 is 0. The van der Waals surface area contributed by atoms with E-state index in [2.05, 4.69) is 26.0 Å². The van der Waals surface area contributed by atoms with Crippen molar-refractivity contribution in [3.63, 3.8) is 0 Å². The van der Waals surface area contributed by atoms with Gasteiger partial charge in [-0.25, -0.2) is 0 Å². The number of fused-ring (bicyclic) bond motifs is 2. The molecule has 0 aromatic heterocycles. The molecule has 0 radical (unpaired) electrons. The standard InChI is InChI=1S/C17H32OSi/c1-3-11-19(12-4-2)18-10-6-5-7-16-13-15-8-9-17(16)14-15/h8-9,15-17,19H,3-7,10-14H2,1-2H3. The van der Waals surface area contributed by atoms with Crippen molar-refractivity contribution < 1.29 is 4.43 Å². The van der Waals surface area contributed by atoms with Gasteiger partial charge in [0.15, 0.2) is 9.04 Å². The monoisotopic (exact) mass is 280 g/mol. The largest absolute Gasteiger partial charge is 0.420 e. The van der Waals surface area contributed by atoms with Crippen LogP contribution < -0.4 is 0 Å². The molecule has 2 bridgehead atoms. The van der Waals surface area contributed by atoms with Gasteiger partial charge >= 0.3 is 0 Å². The Hall–Kier alpha value is -0.0831. The number of allylic oxidation sites excluding steroid dienone is 2. The van der Waals surface area contributed by atoms with Crippen molar-refractivity contribution in [1.29, 1.82) is 0 Å². The lowest BCUT2D eigenvalue weighted by Gasteiger charge is -2.18. The molecule has 0 spiro atoms. The van der Waals surface area contributed by atoms with Gasteiger partial charge in [0.25, 0.3) is 0 Å². The Morgan fingerprint density at radius 1 is 1.05 bits per heavy atom. The highest BCUT2D eigenvalue weighted by molar-refractivity contribution is 6.51. The first kappa shape index (κ1) is 15.3. The molecule has 1 saturated carbocycles. The van der Waals surface area contributed by atoms with Crippen LogP contribution in [0.25, 0.3) is 0 Å². The average molecular weight is 281 g/mol. The second-order valence-corrected chi connectivity index (χ2v) is 9.34. The molecule has 0 aromatic carbocycles. The topological polar surface area (TPSA) is 9.23 Å². The van der Waals surface area contributed by atoms with Gasteiger partial charge in [-0.2, -0.15) is 0 Å². The fourth-order valence-corrected chi connectivity index (χ4v) is 6.35. The van der Waals surface area contributed by atoms with Gasteiger partial charge in [-0.3, -0.25) is 0 Å². The van der Waals surface area contributed by atoms with E-state index in [1.54, 1.807) is 0 Å². The van der Waals surface area contributed by atoms with Crippen LogP contribution in [0.1, 0.15) is 58.8 Å². The van der Waals surface area contributed by atoms with Gasteiger partial charge in [0.2, 0.25) is 0 Å². The van der Waals surface area contributed by atoms with E-state index in [9.17, 15) is 0 Å². The van der Waals surface area contributed by atoms with Gasteiger partial charge in [-0.15, -0.1) is 0 Å². The molecule has 3 atom stereocenters. The highest BCUT2D eigenvalue weighted by Gasteiger charge is 2.34. The van der Waals surface area contributed by atoms with E-state index in [1.165, 1.54) is 57.0 Å². The molecule has 2 rings (SSSR count). The molecule has 2 aliphatic carbocycles. The minimum Gasteiger partial charge on any atom is -0.420 e. The maximum absolute atomic E-state index is 6.17. The molecule has 3 unspecified atom stereocenters. The van der Waals surface area contributed by atoms with Crippen molar-refractivity contribution in [2.75, 3.05) is 6.61 Å². The molecule has 0 N–H and O–H groups in total. The molecular formula is C17H32OSi. The normalized spacial score (nSPS) is 28.7. The molecule has 110 valence electrons. The lowest BCUT2D eigenvalue weighted by Crippen LogP contribution is -2.18. The molecule has 1 fully saturated rings. The summed E-state index contributed by atoms with van der Waals surface area (Å²) in [6, 6.07) is 2.76. The molecule has 0 heterocycles. The Bertz CT molecular complexity index is 270. The van der Waals surface area contributed by atoms with Gasteiger partial charge in [-0.1, -0.05) is 45.3 Å². The minimum atomic E-state index is -0.826. The Morgan fingerprint density at radius 2 is 1.84 bits per heavy atom. The molecule has 0 amide bonds. The summed E-state index contributed by atoms with van der Waals surface area (Å²) in [5.74, 6) is 2.89. The molecule has 0 saturated heterocycles. The third kappa shape index (κ3) is 4.75. The Morgan fingerprint density at radius 3 is 2.42 bits per heavy atom. The fraction of sp³-hybridized carbons (Fsp3) is 0.882. The SMILES string of the molecule is CCC[SiH](CCC)OCCCCC1CC2C=CC1C2. The van der Waals surface area contributed by atoms with E-state index < -0.39 is 9.04 Å². The highest BCUT2D eigenvalue weighted by atomic mass is 28.3. The number of unbranched alkanes of at least 4 members (excludes halogenated alkanes) is 1. The van der Waals surface area contributed by atoms with E-state index in [1.807, 2.05) is 0 Å². The van der Waals surface area contributed by atoms with Crippen LogP contribution in [0.2, 0.25) is 12.1 Å². The Kier molecular flexibility index (Phi) is 6.65. The predicted octanol–water partition coefficient (Wildman–Crippen LogP) is 4.93. The van der Waals surface area contributed by atoms with E-state index >= 15 is 0 Å². The molecule has 19 heavy (non-hydrogen) atoms. The maximum atomic E-state index is 6.17. The summed E-state index contributed by atoms with van der Waals surface area (Å²) in [6.07, 6.45) is 14.6. The Balaban J connectivity index is 1.51. The smallest absolute Gasteiger partial charge is 0.176 e.